The second-order valence-electron chi connectivity index (χ2n) is 10.1. The Bertz CT molecular complexity index is 1610. The van der Waals surface area contributed by atoms with Gasteiger partial charge in [-0.15, -0.1) is 5.10 Å². The molecule has 42 heavy (non-hydrogen) atoms. The molecule has 2 atom stereocenters. The first-order valence-corrected chi connectivity index (χ1v) is 14.2. The first-order chi connectivity index (χ1) is 20.3. The Morgan fingerprint density at radius 3 is 2.67 bits per heavy atom. The van der Waals surface area contributed by atoms with Crippen molar-refractivity contribution in [3.8, 4) is 17.2 Å². The molecule has 1 aliphatic rings. The molecule has 0 radical (unpaired) electrons. The molecule has 0 aliphatic carbocycles. The maximum absolute atomic E-state index is 12.1. The summed E-state index contributed by atoms with van der Waals surface area (Å²) in [6, 6.07) is 15.8. The Labute approximate surface area is 249 Å². The number of methoxy groups -OCH3 is 2. The van der Waals surface area contributed by atoms with E-state index < -0.39 is 12.2 Å². The Hall–Kier alpha value is -4.15. The van der Waals surface area contributed by atoms with Crippen molar-refractivity contribution in [2.24, 2.45) is 0 Å². The van der Waals surface area contributed by atoms with Crippen molar-refractivity contribution >= 4 is 23.6 Å². The number of aromatic nitrogens is 5. The third-order valence-electron chi connectivity index (χ3n) is 7.05. The quantitative estimate of drug-likeness (QED) is 0.210. The van der Waals surface area contributed by atoms with Gasteiger partial charge in [0.15, 0.2) is 17.3 Å². The molecule has 4 aromatic rings. The predicted molar refractivity (Wildman–Crippen MR) is 158 cm³/mol. The molecule has 0 amide bonds. The number of hydrogen-bond acceptors (Lipinski definition) is 8. The smallest absolute Gasteiger partial charge is 0.313 e. The van der Waals surface area contributed by atoms with Crippen LogP contribution in [-0.2, 0) is 27.2 Å². The van der Waals surface area contributed by atoms with Crippen LogP contribution in [0.25, 0.3) is 11.8 Å². The van der Waals surface area contributed by atoms with Gasteiger partial charge in [-0.2, -0.15) is 0 Å². The van der Waals surface area contributed by atoms with Crippen LogP contribution in [-0.4, -0.2) is 51.6 Å². The number of carbonyl (C=O) groups is 1. The minimum absolute atomic E-state index is 0.0129. The number of aryl methyl sites for hydroxylation is 1. The second-order valence-corrected chi connectivity index (χ2v) is 10.6. The van der Waals surface area contributed by atoms with Crippen molar-refractivity contribution in [3.05, 3.63) is 87.5 Å². The Balaban J connectivity index is 1.62. The standard InChI is InChI=1S/C31H34ClN5O5/c1-6-41-29(38)18-28-33-34-35-36(28)15-14-26-25-13-11-21(16-19(2)3)37(25)24-12-10-20(32)17-23(24)30(42-26)22-8-7-9-27(39-4)31(22)40-5/h7-13,16-17,26,30H,6,14-15,18H2,1-5H3. The third kappa shape index (κ3) is 5.91. The number of ether oxygens (including phenoxy) is 4. The zero-order valence-electron chi connectivity index (χ0n) is 24.3. The molecule has 220 valence electrons. The number of hydrogen-bond donors (Lipinski definition) is 0. The van der Waals surface area contributed by atoms with Crippen LogP contribution in [0.2, 0.25) is 5.02 Å². The monoisotopic (exact) mass is 591 g/mol. The van der Waals surface area contributed by atoms with Gasteiger partial charge in [0, 0.05) is 28.4 Å². The molecule has 0 N–H and O–H groups in total. The van der Waals surface area contributed by atoms with Gasteiger partial charge in [-0.05, 0) is 80.1 Å². The highest BCUT2D eigenvalue weighted by molar-refractivity contribution is 6.30. The highest BCUT2D eigenvalue weighted by Gasteiger charge is 2.34. The fraction of sp³-hybridized carbons (Fsp3) is 0.355. The zero-order valence-corrected chi connectivity index (χ0v) is 25.1. The van der Waals surface area contributed by atoms with E-state index in [0.717, 1.165) is 33.8 Å². The number of carbonyl (C=O) groups excluding carboxylic acids is 1. The minimum atomic E-state index is -0.541. The normalized spacial score (nSPS) is 15.8. The fourth-order valence-electron chi connectivity index (χ4n) is 5.33. The van der Waals surface area contributed by atoms with Crippen LogP contribution < -0.4 is 9.47 Å². The first-order valence-electron chi connectivity index (χ1n) is 13.8. The molecule has 11 heteroatoms. The van der Waals surface area contributed by atoms with E-state index in [2.05, 4.69) is 52.1 Å². The summed E-state index contributed by atoms with van der Waals surface area (Å²) in [5.41, 5.74) is 5.81. The average Bonchev–Trinajstić information content (AvgIpc) is 3.55. The van der Waals surface area contributed by atoms with Crippen LogP contribution in [0.4, 0.5) is 0 Å². The zero-order chi connectivity index (χ0) is 29.8. The van der Waals surface area contributed by atoms with Crippen LogP contribution in [0, 0.1) is 0 Å². The number of benzene rings is 2. The van der Waals surface area contributed by atoms with Gasteiger partial charge in [0.05, 0.1) is 32.2 Å². The molecule has 0 fully saturated rings. The number of nitrogens with zero attached hydrogens (tertiary/aromatic N) is 5. The summed E-state index contributed by atoms with van der Waals surface area (Å²) in [4.78, 5) is 12.1. The fourth-order valence-corrected chi connectivity index (χ4v) is 5.51. The number of halogens is 1. The van der Waals surface area contributed by atoms with Crippen molar-refractivity contribution in [3.63, 3.8) is 0 Å². The number of allylic oxidation sites excluding steroid dienone is 1. The lowest BCUT2D eigenvalue weighted by Crippen LogP contribution is -2.17. The molecule has 0 bridgehead atoms. The van der Waals surface area contributed by atoms with E-state index >= 15 is 0 Å². The molecular formula is C31H34ClN5O5. The van der Waals surface area contributed by atoms with Crippen LogP contribution in [0.3, 0.4) is 0 Å². The maximum Gasteiger partial charge on any atom is 0.313 e. The topological polar surface area (TPSA) is 103 Å². The van der Waals surface area contributed by atoms with Crippen LogP contribution in [0.15, 0.2) is 54.1 Å². The van der Waals surface area contributed by atoms with Crippen molar-refractivity contribution in [2.45, 2.75) is 52.4 Å². The summed E-state index contributed by atoms with van der Waals surface area (Å²) in [5, 5.41) is 12.6. The molecule has 2 unspecified atom stereocenters. The molecular weight excluding hydrogens is 558 g/mol. The maximum atomic E-state index is 12.1. The van der Waals surface area contributed by atoms with Crippen molar-refractivity contribution < 1.29 is 23.7 Å². The molecule has 0 saturated carbocycles. The number of esters is 1. The lowest BCUT2D eigenvalue weighted by molar-refractivity contribution is -0.142. The minimum Gasteiger partial charge on any atom is -0.493 e. The van der Waals surface area contributed by atoms with Gasteiger partial charge < -0.3 is 23.5 Å². The van der Waals surface area contributed by atoms with Gasteiger partial charge in [0.1, 0.15) is 18.6 Å². The molecule has 0 spiro atoms. The largest absolute Gasteiger partial charge is 0.493 e. The number of para-hydroxylation sites is 1. The summed E-state index contributed by atoms with van der Waals surface area (Å²) in [5.74, 6) is 1.24. The Morgan fingerprint density at radius 2 is 1.93 bits per heavy atom. The lowest BCUT2D eigenvalue weighted by Gasteiger charge is -2.25. The van der Waals surface area contributed by atoms with Gasteiger partial charge in [-0.1, -0.05) is 29.3 Å². The Kier molecular flexibility index (Phi) is 8.94. The summed E-state index contributed by atoms with van der Waals surface area (Å²) in [6.07, 6.45) is 1.71. The third-order valence-corrected chi connectivity index (χ3v) is 7.29. The van der Waals surface area contributed by atoms with Gasteiger partial charge in [0.2, 0.25) is 0 Å². The van der Waals surface area contributed by atoms with E-state index in [1.165, 1.54) is 0 Å². The van der Waals surface area contributed by atoms with Crippen LogP contribution >= 0.6 is 11.6 Å². The molecule has 2 aromatic carbocycles. The summed E-state index contributed by atoms with van der Waals surface area (Å²) in [6.45, 7) is 6.61. The highest BCUT2D eigenvalue weighted by Crippen LogP contribution is 2.47. The molecule has 0 saturated heterocycles. The van der Waals surface area contributed by atoms with Gasteiger partial charge >= 0.3 is 5.97 Å². The van der Waals surface area contributed by atoms with E-state index in [1.807, 2.05) is 36.4 Å². The van der Waals surface area contributed by atoms with Gasteiger partial charge in [-0.3, -0.25) is 4.79 Å². The van der Waals surface area contributed by atoms with Gasteiger partial charge in [0.25, 0.3) is 0 Å². The van der Waals surface area contributed by atoms with E-state index in [4.69, 9.17) is 30.5 Å². The van der Waals surface area contributed by atoms with Crippen molar-refractivity contribution in [1.29, 1.82) is 0 Å². The highest BCUT2D eigenvalue weighted by atomic mass is 35.5. The van der Waals surface area contributed by atoms with E-state index in [9.17, 15) is 4.79 Å². The average molecular weight is 592 g/mol. The Morgan fingerprint density at radius 1 is 1.10 bits per heavy atom. The molecule has 5 rings (SSSR count). The van der Waals surface area contributed by atoms with E-state index in [1.54, 1.807) is 25.8 Å². The van der Waals surface area contributed by atoms with E-state index in [-0.39, 0.29) is 12.4 Å². The summed E-state index contributed by atoms with van der Waals surface area (Å²) >= 11 is 6.59. The van der Waals surface area contributed by atoms with Gasteiger partial charge in [-0.25, -0.2) is 4.68 Å². The first kappa shape index (κ1) is 29.3. The molecule has 3 heterocycles. The number of rotatable bonds is 10. The number of fused-ring (bicyclic) bond motifs is 3. The van der Waals surface area contributed by atoms with Crippen LogP contribution in [0.5, 0.6) is 11.5 Å². The predicted octanol–water partition coefficient (Wildman–Crippen LogP) is 5.91. The van der Waals surface area contributed by atoms with Crippen molar-refractivity contribution in [2.75, 3.05) is 20.8 Å². The molecule has 2 aromatic heterocycles. The second kappa shape index (κ2) is 12.8. The number of tetrazole rings is 1. The van der Waals surface area contributed by atoms with Crippen molar-refractivity contribution in [1.82, 2.24) is 24.8 Å². The SMILES string of the molecule is CCOC(=O)Cc1nnnn1CCC1OC(c2cccc(OC)c2OC)c2cc(Cl)ccc2-n2c(C=C(C)C)ccc21. The summed E-state index contributed by atoms with van der Waals surface area (Å²) in [7, 11) is 3.23. The lowest BCUT2D eigenvalue weighted by atomic mass is 9.98. The molecule has 1 aliphatic heterocycles. The van der Waals surface area contributed by atoms with Crippen LogP contribution in [0.1, 0.15) is 67.7 Å². The summed E-state index contributed by atoms with van der Waals surface area (Å²) < 4.78 is 27.4. The molecule has 10 nitrogen and oxygen atoms in total. The van der Waals surface area contributed by atoms with E-state index in [0.29, 0.717) is 41.9 Å².